The van der Waals surface area contributed by atoms with Crippen LogP contribution in [0.4, 0.5) is 0 Å². The van der Waals surface area contributed by atoms with E-state index in [0.29, 0.717) is 11.5 Å². The number of methoxy groups -OCH3 is 2. The summed E-state index contributed by atoms with van der Waals surface area (Å²) in [6.07, 6.45) is 0. The van der Waals surface area contributed by atoms with Gasteiger partial charge in [0.1, 0.15) is 0 Å². The van der Waals surface area contributed by atoms with Crippen molar-refractivity contribution in [2.24, 2.45) is 0 Å². The Balaban J connectivity index is 2.14. The van der Waals surface area contributed by atoms with Gasteiger partial charge in [0.05, 0.1) is 32.8 Å². The number of hydrogen-bond acceptors (Lipinski definition) is 4. The van der Waals surface area contributed by atoms with Crippen molar-refractivity contribution in [3.63, 3.8) is 0 Å². The van der Waals surface area contributed by atoms with Gasteiger partial charge in [0.25, 0.3) is 0 Å². The highest BCUT2D eigenvalue weighted by Gasteiger charge is 2.21. The van der Waals surface area contributed by atoms with Crippen LogP contribution in [0.3, 0.4) is 0 Å². The molecule has 2 aromatic rings. The number of nitrogens with one attached hydrogen (secondary N) is 1. The van der Waals surface area contributed by atoms with Gasteiger partial charge in [-0.1, -0.05) is 36.4 Å². The number of benzene rings is 2. The molecule has 2 rings (SSSR count). The molecule has 0 bridgehead atoms. The molecular weight excluding hydrogens is 306 g/mol. The smallest absolute Gasteiger partial charge is 0.227 e. The lowest BCUT2D eigenvalue weighted by molar-refractivity contribution is -0.123. The van der Waals surface area contributed by atoms with Gasteiger partial charge in [0.2, 0.25) is 5.91 Å². The van der Waals surface area contributed by atoms with E-state index < -0.39 is 6.04 Å². The molecule has 5 heteroatoms. The highest BCUT2D eigenvalue weighted by molar-refractivity contribution is 5.83. The first-order valence-electron chi connectivity index (χ1n) is 7.78. The lowest BCUT2D eigenvalue weighted by Crippen LogP contribution is -2.33. The summed E-state index contributed by atoms with van der Waals surface area (Å²) in [5, 5.41) is 12.5. The number of amides is 1. The van der Waals surface area contributed by atoms with Gasteiger partial charge >= 0.3 is 0 Å². The molecule has 128 valence electrons. The monoisotopic (exact) mass is 329 g/mol. The molecule has 0 fully saturated rings. The zero-order valence-corrected chi connectivity index (χ0v) is 14.2. The van der Waals surface area contributed by atoms with E-state index in [1.807, 2.05) is 43.3 Å². The minimum Gasteiger partial charge on any atom is -0.493 e. The molecule has 0 aliphatic heterocycles. The van der Waals surface area contributed by atoms with Crippen molar-refractivity contribution in [3.05, 3.63) is 59.7 Å². The molecule has 0 aliphatic rings. The molecule has 0 unspecified atom stereocenters. The molecule has 0 aromatic heterocycles. The minimum absolute atomic E-state index is 0.158. The van der Waals surface area contributed by atoms with Gasteiger partial charge in [-0.2, -0.15) is 0 Å². The maximum absolute atomic E-state index is 12.5. The fourth-order valence-corrected chi connectivity index (χ4v) is 2.49. The lowest BCUT2D eigenvalue weighted by Gasteiger charge is -2.20. The predicted molar refractivity (Wildman–Crippen MR) is 92.4 cm³/mol. The second-order valence-corrected chi connectivity index (χ2v) is 5.49. The molecule has 0 heterocycles. The fraction of sp³-hybridized carbons (Fsp3) is 0.316. The number of aliphatic hydroxyl groups excluding tert-OH is 1. The van der Waals surface area contributed by atoms with Crippen LogP contribution in [0.2, 0.25) is 0 Å². The quantitative estimate of drug-likeness (QED) is 0.819. The Labute approximate surface area is 142 Å². The minimum atomic E-state index is -0.429. The second kappa shape index (κ2) is 8.36. The third-order valence-corrected chi connectivity index (χ3v) is 4.00. The van der Waals surface area contributed by atoms with Crippen LogP contribution >= 0.6 is 0 Å². The van der Waals surface area contributed by atoms with Crippen LogP contribution in [0.5, 0.6) is 11.5 Å². The molecule has 2 atom stereocenters. The standard InChI is InChI=1S/C19H23NO4/c1-13(15-9-10-17(23-2)18(11-15)24-3)19(22)20-16(12-21)14-7-5-4-6-8-14/h4-11,13,16,21H,12H2,1-3H3,(H,20,22)/t13-,16-/m0/s1. The van der Waals surface area contributed by atoms with Crippen LogP contribution in [-0.2, 0) is 4.79 Å². The molecule has 2 N–H and O–H groups in total. The first kappa shape index (κ1) is 17.8. The molecule has 0 spiro atoms. The van der Waals surface area contributed by atoms with Crippen molar-refractivity contribution in [1.29, 1.82) is 0 Å². The Kier molecular flexibility index (Phi) is 6.21. The van der Waals surface area contributed by atoms with Gasteiger partial charge in [-0.15, -0.1) is 0 Å². The topological polar surface area (TPSA) is 67.8 Å². The Bertz CT molecular complexity index is 672. The summed E-state index contributed by atoms with van der Waals surface area (Å²) >= 11 is 0. The van der Waals surface area contributed by atoms with Crippen molar-refractivity contribution in [1.82, 2.24) is 5.32 Å². The molecule has 0 saturated heterocycles. The van der Waals surface area contributed by atoms with Crippen molar-refractivity contribution in [2.45, 2.75) is 18.9 Å². The van der Waals surface area contributed by atoms with Gasteiger partial charge in [0.15, 0.2) is 11.5 Å². The molecule has 5 nitrogen and oxygen atoms in total. The Morgan fingerprint density at radius 3 is 2.29 bits per heavy atom. The molecule has 2 aromatic carbocycles. The van der Waals surface area contributed by atoms with Gasteiger partial charge in [0, 0.05) is 0 Å². The van der Waals surface area contributed by atoms with E-state index in [0.717, 1.165) is 11.1 Å². The fourth-order valence-electron chi connectivity index (χ4n) is 2.49. The van der Waals surface area contributed by atoms with Crippen molar-refractivity contribution >= 4 is 5.91 Å². The van der Waals surface area contributed by atoms with Crippen molar-refractivity contribution in [2.75, 3.05) is 20.8 Å². The molecule has 24 heavy (non-hydrogen) atoms. The van der Waals surface area contributed by atoms with Crippen LogP contribution in [-0.4, -0.2) is 31.8 Å². The normalized spacial score (nSPS) is 13.0. The van der Waals surface area contributed by atoms with Crippen LogP contribution < -0.4 is 14.8 Å². The Hall–Kier alpha value is -2.53. The summed E-state index contributed by atoms with van der Waals surface area (Å²) in [6, 6.07) is 14.4. The molecular formula is C19H23NO4. The summed E-state index contributed by atoms with van der Waals surface area (Å²) in [6.45, 7) is 1.66. The molecule has 0 saturated carbocycles. The third-order valence-electron chi connectivity index (χ3n) is 4.00. The summed E-state index contributed by atoms with van der Waals surface area (Å²) < 4.78 is 10.5. The van der Waals surface area contributed by atoms with Gasteiger partial charge in [-0.05, 0) is 30.2 Å². The summed E-state index contributed by atoms with van der Waals surface area (Å²) in [4.78, 5) is 12.5. The number of rotatable bonds is 7. The van der Waals surface area contributed by atoms with Crippen LogP contribution in [0.1, 0.15) is 30.0 Å². The van der Waals surface area contributed by atoms with E-state index in [2.05, 4.69) is 5.32 Å². The maximum atomic E-state index is 12.5. The van der Waals surface area contributed by atoms with E-state index in [4.69, 9.17) is 9.47 Å². The Morgan fingerprint density at radius 2 is 1.71 bits per heavy atom. The second-order valence-electron chi connectivity index (χ2n) is 5.49. The maximum Gasteiger partial charge on any atom is 0.227 e. The third kappa shape index (κ3) is 4.06. The number of carbonyl (C=O) groups excluding carboxylic acids is 1. The van der Waals surface area contributed by atoms with Gasteiger partial charge in [-0.25, -0.2) is 0 Å². The average molecular weight is 329 g/mol. The zero-order chi connectivity index (χ0) is 17.5. The van der Waals surface area contributed by atoms with E-state index in [-0.39, 0.29) is 18.4 Å². The molecule has 0 radical (unpaired) electrons. The van der Waals surface area contributed by atoms with Crippen molar-refractivity contribution in [3.8, 4) is 11.5 Å². The highest BCUT2D eigenvalue weighted by atomic mass is 16.5. The average Bonchev–Trinajstić information content (AvgIpc) is 2.65. The van der Waals surface area contributed by atoms with E-state index in [9.17, 15) is 9.90 Å². The molecule has 1 amide bonds. The lowest BCUT2D eigenvalue weighted by atomic mass is 9.98. The summed E-state index contributed by atoms with van der Waals surface area (Å²) in [7, 11) is 3.13. The number of carbonyl (C=O) groups is 1. The van der Waals surface area contributed by atoms with Crippen molar-refractivity contribution < 1.29 is 19.4 Å². The van der Waals surface area contributed by atoms with Crippen LogP contribution in [0.25, 0.3) is 0 Å². The number of ether oxygens (including phenoxy) is 2. The zero-order valence-electron chi connectivity index (χ0n) is 14.2. The van der Waals surface area contributed by atoms with Crippen LogP contribution in [0.15, 0.2) is 48.5 Å². The summed E-state index contributed by atoms with van der Waals surface area (Å²) in [5.74, 6) is 0.649. The summed E-state index contributed by atoms with van der Waals surface area (Å²) in [5.41, 5.74) is 1.68. The predicted octanol–water partition coefficient (Wildman–Crippen LogP) is 2.66. The van der Waals surface area contributed by atoms with E-state index >= 15 is 0 Å². The van der Waals surface area contributed by atoms with Gasteiger partial charge in [-0.3, -0.25) is 4.79 Å². The largest absolute Gasteiger partial charge is 0.493 e. The van der Waals surface area contributed by atoms with Crippen LogP contribution in [0, 0.1) is 0 Å². The SMILES string of the molecule is COc1ccc([C@H](C)C(=O)N[C@@H](CO)c2ccccc2)cc1OC. The number of hydrogen-bond donors (Lipinski definition) is 2. The highest BCUT2D eigenvalue weighted by Crippen LogP contribution is 2.30. The van der Waals surface area contributed by atoms with E-state index in [1.165, 1.54) is 0 Å². The van der Waals surface area contributed by atoms with E-state index in [1.54, 1.807) is 26.4 Å². The number of aliphatic hydroxyl groups is 1. The van der Waals surface area contributed by atoms with Gasteiger partial charge < -0.3 is 19.9 Å². The first-order valence-corrected chi connectivity index (χ1v) is 7.78. The first-order chi connectivity index (χ1) is 11.6. The molecule has 0 aliphatic carbocycles. The Morgan fingerprint density at radius 1 is 1.04 bits per heavy atom.